The zero-order chi connectivity index (χ0) is 24.3. The molecule has 0 saturated heterocycles. The molecule has 0 spiro atoms. The van der Waals surface area contributed by atoms with E-state index in [-0.39, 0.29) is 12.5 Å². The van der Waals surface area contributed by atoms with E-state index in [2.05, 4.69) is 22.8 Å². The minimum atomic E-state index is -1.12. The Kier molecular flexibility index (Phi) is 6.91. The molecule has 34 heavy (non-hydrogen) atoms. The van der Waals surface area contributed by atoms with Crippen molar-refractivity contribution in [2.45, 2.75) is 63.5 Å². The van der Waals surface area contributed by atoms with Crippen LogP contribution in [0.1, 0.15) is 63.0 Å². The van der Waals surface area contributed by atoms with Gasteiger partial charge in [-0.15, -0.1) is 0 Å². The number of rotatable bonds is 9. The van der Waals surface area contributed by atoms with E-state index in [4.69, 9.17) is 4.74 Å². The predicted octanol–water partition coefficient (Wildman–Crippen LogP) is 4.45. The molecule has 3 N–H and O–H groups in total. The highest BCUT2D eigenvalue weighted by Gasteiger charge is 2.47. The number of carboxylic acids is 1. The van der Waals surface area contributed by atoms with Gasteiger partial charge in [0.2, 0.25) is 5.91 Å². The Morgan fingerprint density at radius 1 is 1.00 bits per heavy atom. The van der Waals surface area contributed by atoms with Gasteiger partial charge in [-0.1, -0.05) is 62.4 Å². The Morgan fingerprint density at radius 2 is 1.59 bits per heavy atom. The van der Waals surface area contributed by atoms with Crippen molar-refractivity contribution < 1.29 is 24.2 Å². The smallest absolute Gasteiger partial charge is 0.408 e. The van der Waals surface area contributed by atoms with Crippen molar-refractivity contribution in [1.29, 1.82) is 0 Å². The van der Waals surface area contributed by atoms with E-state index < -0.39 is 29.6 Å². The van der Waals surface area contributed by atoms with Gasteiger partial charge in [0.1, 0.15) is 18.2 Å². The number of carboxylic acid groups (broad SMARTS) is 1. The molecule has 4 rings (SSSR count). The number of carbonyl (C=O) groups is 3. The van der Waals surface area contributed by atoms with Crippen LogP contribution >= 0.6 is 0 Å². The minimum absolute atomic E-state index is 0.0725. The van der Waals surface area contributed by atoms with Crippen molar-refractivity contribution in [1.82, 2.24) is 10.6 Å². The number of fused-ring (bicyclic) bond motifs is 3. The molecule has 2 aromatic carbocycles. The number of ether oxygens (including phenoxy) is 1. The normalized spacial score (nSPS) is 16.7. The average Bonchev–Trinajstić information content (AvgIpc) is 3.11. The van der Waals surface area contributed by atoms with Gasteiger partial charge in [0.15, 0.2) is 0 Å². The number of carbonyl (C=O) groups excluding carboxylic acids is 2. The Balaban J connectivity index is 1.39. The van der Waals surface area contributed by atoms with Crippen molar-refractivity contribution >= 4 is 18.0 Å². The van der Waals surface area contributed by atoms with Gasteiger partial charge >= 0.3 is 12.1 Å². The summed E-state index contributed by atoms with van der Waals surface area (Å²) in [5, 5.41) is 14.9. The van der Waals surface area contributed by atoms with Gasteiger partial charge in [0.05, 0.1) is 0 Å². The van der Waals surface area contributed by atoms with Crippen LogP contribution in [0.25, 0.3) is 11.1 Å². The molecular weight excluding hydrogens is 432 g/mol. The molecule has 0 bridgehead atoms. The molecule has 1 fully saturated rings. The van der Waals surface area contributed by atoms with Gasteiger partial charge in [0.25, 0.3) is 0 Å². The quantitative estimate of drug-likeness (QED) is 0.508. The number of amides is 2. The van der Waals surface area contributed by atoms with Gasteiger partial charge in [-0.25, -0.2) is 9.59 Å². The largest absolute Gasteiger partial charge is 0.480 e. The third-order valence-electron chi connectivity index (χ3n) is 6.96. The summed E-state index contributed by atoms with van der Waals surface area (Å²) in [5.74, 6) is -1.26. The van der Waals surface area contributed by atoms with Crippen molar-refractivity contribution in [3.8, 4) is 11.1 Å². The number of benzene rings is 2. The predicted molar refractivity (Wildman–Crippen MR) is 128 cm³/mol. The summed E-state index contributed by atoms with van der Waals surface area (Å²) in [7, 11) is 0. The second kappa shape index (κ2) is 9.87. The molecule has 2 amide bonds. The first-order valence-corrected chi connectivity index (χ1v) is 12.0. The van der Waals surface area contributed by atoms with Crippen molar-refractivity contribution in [3.05, 3.63) is 59.7 Å². The SMILES string of the molecule is CC(C)CCC(NC(=O)C1(NC(=O)OCC2c3ccccc3-c3ccccc32)CCC1)C(=O)O. The van der Waals surface area contributed by atoms with E-state index in [9.17, 15) is 19.5 Å². The lowest BCUT2D eigenvalue weighted by Crippen LogP contribution is -2.64. The summed E-state index contributed by atoms with van der Waals surface area (Å²) in [6.45, 7) is 4.17. The maximum Gasteiger partial charge on any atom is 0.408 e. The highest BCUT2D eigenvalue weighted by Crippen LogP contribution is 2.44. The summed E-state index contributed by atoms with van der Waals surface area (Å²) < 4.78 is 5.61. The van der Waals surface area contributed by atoms with Crippen LogP contribution < -0.4 is 10.6 Å². The van der Waals surface area contributed by atoms with Crippen molar-refractivity contribution in [2.75, 3.05) is 6.61 Å². The molecule has 0 aromatic heterocycles. The standard InChI is InChI=1S/C27H32N2O5/c1-17(2)12-13-23(24(30)31)28-25(32)27(14-7-15-27)29-26(33)34-16-22-20-10-5-3-8-18(20)19-9-4-6-11-21(19)22/h3-6,8-11,17,22-23H,7,12-16H2,1-2H3,(H,28,32)(H,29,33)(H,30,31). The Hall–Kier alpha value is -3.35. The lowest BCUT2D eigenvalue weighted by atomic mass is 9.76. The Labute approximate surface area is 199 Å². The lowest BCUT2D eigenvalue weighted by molar-refractivity contribution is -0.144. The first kappa shape index (κ1) is 23.8. The van der Waals surface area contributed by atoms with Gasteiger partial charge in [0, 0.05) is 5.92 Å². The van der Waals surface area contributed by atoms with Crippen LogP contribution in [0, 0.1) is 5.92 Å². The van der Waals surface area contributed by atoms with Crippen LogP contribution in [-0.2, 0) is 14.3 Å². The molecule has 0 heterocycles. The van der Waals surface area contributed by atoms with E-state index in [0.717, 1.165) is 28.7 Å². The van der Waals surface area contributed by atoms with Crippen molar-refractivity contribution in [2.24, 2.45) is 5.92 Å². The van der Waals surface area contributed by atoms with Crippen LogP contribution in [0.15, 0.2) is 48.5 Å². The third-order valence-corrected chi connectivity index (χ3v) is 6.96. The monoisotopic (exact) mass is 464 g/mol. The molecule has 0 radical (unpaired) electrons. The molecule has 2 aliphatic carbocycles. The van der Waals surface area contributed by atoms with E-state index >= 15 is 0 Å². The first-order chi connectivity index (χ1) is 16.3. The second-order valence-corrected chi connectivity index (χ2v) is 9.72. The van der Waals surface area contributed by atoms with Crippen LogP contribution in [0.4, 0.5) is 4.79 Å². The molecule has 1 atom stereocenters. The topological polar surface area (TPSA) is 105 Å². The van der Waals surface area contributed by atoms with Gasteiger partial charge in [-0.3, -0.25) is 4.79 Å². The molecular formula is C27H32N2O5. The molecule has 7 heteroatoms. The molecule has 2 aliphatic rings. The van der Waals surface area contributed by atoms with Crippen LogP contribution in [-0.4, -0.2) is 41.3 Å². The van der Waals surface area contributed by atoms with E-state index in [1.807, 2.05) is 50.2 Å². The van der Waals surface area contributed by atoms with Crippen LogP contribution in [0.3, 0.4) is 0 Å². The highest BCUT2D eigenvalue weighted by molar-refractivity contribution is 5.93. The maximum atomic E-state index is 13.0. The van der Waals surface area contributed by atoms with E-state index in [1.165, 1.54) is 0 Å². The molecule has 180 valence electrons. The maximum absolute atomic E-state index is 13.0. The Morgan fingerprint density at radius 3 is 2.09 bits per heavy atom. The highest BCUT2D eigenvalue weighted by atomic mass is 16.5. The van der Waals surface area contributed by atoms with Gasteiger partial charge in [-0.05, 0) is 60.3 Å². The molecule has 2 aromatic rings. The Bertz CT molecular complexity index is 1030. The molecule has 1 saturated carbocycles. The minimum Gasteiger partial charge on any atom is -0.480 e. The van der Waals surface area contributed by atoms with E-state index in [0.29, 0.717) is 31.6 Å². The van der Waals surface area contributed by atoms with Gasteiger partial charge < -0.3 is 20.5 Å². The summed E-state index contributed by atoms with van der Waals surface area (Å²) in [4.78, 5) is 37.4. The molecule has 7 nitrogen and oxygen atoms in total. The van der Waals surface area contributed by atoms with Crippen LogP contribution in [0.2, 0.25) is 0 Å². The second-order valence-electron chi connectivity index (χ2n) is 9.72. The van der Waals surface area contributed by atoms with Crippen LogP contribution in [0.5, 0.6) is 0 Å². The lowest BCUT2D eigenvalue weighted by Gasteiger charge is -2.41. The summed E-state index contributed by atoms with van der Waals surface area (Å²) in [6, 6.07) is 15.2. The zero-order valence-corrected chi connectivity index (χ0v) is 19.7. The number of nitrogens with one attached hydrogen (secondary N) is 2. The number of hydrogen-bond acceptors (Lipinski definition) is 4. The summed E-state index contributed by atoms with van der Waals surface area (Å²) >= 11 is 0. The number of aliphatic carboxylic acids is 1. The number of hydrogen-bond donors (Lipinski definition) is 3. The summed E-state index contributed by atoms with van der Waals surface area (Å²) in [6.07, 6.45) is 2.06. The zero-order valence-electron chi connectivity index (χ0n) is 19.7. The number of alkyl carbamates (subject to hydrolysis) is 1. The fourth-order valence-corrected chi connectivity index (χ4v) is 4.82. The fraction of sp³-hybridized carbons (Fsp3) is 0.444. The third kappa shape index (κ3) is 4.79. The fourth-order valence-electron chi connectivity index (χ4n) is 4.82. The molecule has 1 unspecified atom stereocenters. The first-order valence-electron chi connectivity index (χ1n) is 12.0. The molecule has 0 aliphatic heterocycles. The van der Waals surface area contributed by atoms with E-state index in [1.54, 1.807) is 0 Å². The summed E-state index contributed by atoms with van der Waals surface area (Å²) in [5.41, 5.74) is 3.39. The van der Waals surface area contributed by atoms with Crippen molar-refractivity contribution in [3.63, 3.8) is 0 Å². The average molecular weight is 465 g/mol. The van der Waals surface area contributed by atoms with Gasteiger partial charge in [-0.2, -0.15) is 0 Å².